The van der Waals surface area contributed by atoms with Gasteiger partial charge in [-0.2, -0.15) is 0 Å². The second-order valence-corrected chi connectivity index (χ2v) is 8.36. The lowest BCUT2D eigenvalue weighted by Gasteiger charge is -2.33. The number of nitrogens with zero attached hydrogens (tertiary/aromatic N) is 2. The fourth-order valence-corrected chi connectivity index (χ4v) is 3.83. The molecule has 2 heterocycles. The third-order valence-electron chi connectivity index (χ3n) is 5.13. The minimum absolute atomic E-state index is 0.239. The fraction of sp³-hybridized carbons (Fsp3) is 0.524. The van der Waals surface area contributed by atoms with E-state index in [1.54, 1.807) is 22.6 Å². The molecule has 1 aromatic carbocycles. The van der Waals surface area contributed by atoms with Gasteiger partial charge in [-0.3, -0.25) is 0 Å². The van der Waals surface area contributed by atoms with Crippen LogP contribution in [0.15, 0.2) is 24.3 Å². The maximum Gasteiger partial charge on any atom is 0.410 e. The molecule has 3 rings (SSSR count). The second-order valence-electron chi connectivity index (χ2n) is 8.36. The van der Waals surface area contributed by atoms with Crippen LogP contribution >= 0.6 is 0 Å². The van der Waals surface area contributed by atoms with Crippen molar-refractivity contribution in [3.63, 3.8) is 0 Å². The minimum atomic E-state index is -0.912. The third-order valence-corrected chi connectivity index (χ3v) is 5.13. The largest absolute Gasteiger partial charge is 0.477 e. The van der Waals surface area contributed by atoms with Crippen LogP contribution in [-0.4, -0.2) is 45.3 Å². The van der Waals surface area contributed by atoms with Crippen molar-refractivity contribution in [3.05, 3.63) is 35.5 Å². The summed E-state index contributed by atoms with van der Waals surface area (Å²) in [5.41, 5.74) is 1.98. The quantitative estimate of drug-likeness (QED) is 0.882. The van der Waals surface area contributed by atoms with Crippen LogP contribution in [0.25, 0.3) is 10.9 Å². The Morgan fingerprint density at radius 2 is 1.89 bits per heavy atom. The number of rotatable bonds is 3. The number of para-hydroxylation sites is 1. The number of carbonyl (C=O) groups is 2. The van der Waals surface area contributed by atoms with E-state index < -0.39 is 11.6 Å². The number of carboxylic acids is 1. The van der Waals surface area contributed by atoms with E-state index in [9.17, 15) is 14.7 Å². The first-order valence-electron chi connectivity index (χ1n) is 9.44. The highest BCUT2D eigenvalue weighted by Crippen LogP contribution is 2.28. The molecule has 27 heavy (non-hydrogen) atoms. The van der Waals surface area contributed by atoms with Crippen LogP contribution in [0.3, 0.4) is 0 Å². The molecule has 0 radical (unpaired) electrons. The molecule has 1 aliphatic heterocycles. The molecule has 0 bridgehead atoms. The van der Waals surface area contributed by atoms with Crippen LogP contribution in [0.2, 0.25) is 0 Å². The van der Waals surface area contributed by atoms with Gasteiger partial charge in [0.2, 0.25) is 0 Å². The average Bonchev–Trinajstić information content (AvgIpc) is 2.92. The van der Waals surface area contributed by atoms with Crippen LogP contribution in [0.4, 0.5) is 4.79 Å². The van der Waals surface area contributed by atoms with Crippen molar-refractivity contribution in [1.29, 1.82) is 0 Å². The van der Waals surface area contributed by atoms with Crippen LogP contribution in [0, 0.1) is 5.92 Å². The number of benzene rings is 1. The standard InChI is InChI=1S/C21H28N2O4/c1-21(2,3)27-20(26)23-10-8-14(9-11-23)12-15-6-5-7-16-13-17(19(24)25)22(4)18(15)16/h5-7,13-14H,8-12H2,1-4H3,(H,24,25). The smallest absolute Gasteiger partial charge is 0.410 e. The number of aryl methyl sites for hydroxylation is 1. The van der Waals surface area contributed by atoms with Gasteiger partial charge in [-0.15, -0.1) is 0 Å². The molecule has 1 amide bonds. The number of ether oxygens (including phenoxy) is 1. The van der Waals surface area contributed by atoms with E-state index in [2.05, 4.69) is 6.07 Å². The Balaban J connectivity index is 1.69. The number of hydrogen-bond donors (Lipinski definition) is 1. The molecule has 0 saturated carbocycles. The summed E-state index contributed by atoms with van der Waals surface area (Å²) in [4.78, 5) is 25.4. The van der Waals surface area contributed by atoms with E-state index in [0.29, 0.717) is 24.7 Å². The van der Waals surface area contributed by atoms with Crippen LogP contribution in [0.5, 0.6) is 0 Å². The van der Waals surface area contributed by atoms with E-state index in [1.165, 1.54) is 5.56 Å². The van der Waals surface area contributed by atoms with Crippen molar-refractivity contribution in [1.82, 2.24) is 9.47 Å². The zero-order valence-corrected chi connectivity index (χ0v) is 16.5. The van der Waals surface area contributed by atoms with Crippen molar-refractivity contribution >= 4 is 23.0 Å². The molecular formula is C21H28N2O4. The average molecular weight is 372 g/mol. The number of fused-ring (bicyclic) bond motifs is 1. The summed E-state index contributed by atoms with van der Waals surface area (Å²) in [5, 5.41) is 10.3. The third kappa shape index (κ3) is 4.26. The van der Waals surface area contributed by atoms with E-state index in [-0.39, 0.29) is 6.09 Å². The van der Waals surface area contributed by atoms with Crippen molar-refractivity contribution in [3.8, 4) is 0 Å². The topological polar surface area (TPSA) is 71.8 Å². The number of hydrogen-bond acceptors (Lipinski definition) is 3. The predicted octanol–water partition coefficient (Wildman–Crippen LogP) is 4.07. The van der Waals surface area contributed by atoms with Gasteiger partial charge in [0.05, 0.1) is 5.52 Å². The van der Waals surface area contributed by atoms with Crippen molar-refractivity contribution in [2.45, 2.75) is 45.6 Å². The lowest BCUT2D eigenvalue weighted by Crippen LogP contribution is -2.42. The summed E-state index contributed by atoms with van der Waals surface area (Å²) in [7, 11) is 1.81. The number of likely N-dealkylation sites (tertiary alicyclic amines) is 1. The van der Waals surface area contributed by atoms with E-state index in [4.69, 9.17) is 4.74 Å². The SMILES string of the molecule is Cn1c(C(=O)O)cc2cccc(CC3CCN(C(=O)OC(C)(C)C)CC3)c21. The summed E-state index contributed by atoms with van der Waals surface area (Å²) < 4.78 is 7.22. The summed E-state index contributed by atoms with van der Waals surface area (Å²) in [6.45, 7) is 7.03. The molecule has 6 nitrogen and oxygen atoms in total. The molecule has 0 spiro atoms. The van der Waals surface area contributed by atoms with Gasteiger partial charge in [0.1, 0.15) is 11.3 Å². The molecule has 1 aliphatic rings. The molecule has 1 fully saturated rings. The summed E-state index contributed by atoms with van der Waals surface area (Å²) in [5.74, 6) is -0.442. The summed E-state index contributed by atoms with van der Waals surface area (Å²) >= 11 is 0. The number of amides is 1. The van der Waals surface area contributed by atoms with Crippen LogP contribution in [0.1, 0.15) is 49.7 Å². The summed E-state index contributed by atoms with van der Waals surface area (Å²) in [6, 6.07) is 7.75. The van der Waals surface area contributed by atoms with Gasteiger partial charge in [-0.1, -0.05) is 18.2 Å². The van der Waals surface area contributed by atoms with Gasteiger partial charge in [0, 0.05) is 25.5 Å². The molecule has 6 heteroatoms. The molecular weight excluding hydrogens is 344 g/mol. The van der Waals surface area contributed by atoms with Crippen molar-refractivity contribution in [2.24, 2.45) is 13.0 Å². The van der Waals surface area contributed by atoms with E-state index >= 15 is 0 Å². The molecule has 0 atom stereocenters. The van der Waals surface area contributed by atoms with Gasteiger partial charge in [-0.25, -0.2) is 9.59 Å². The zero-order valence-electron chi connectivity index (χ0n) is 16.5. The maximum atomic E-state index is 12.2. The highest BCUT2D eigenvalue weighted by molar-refractivity contribution is 5.95. The normalized spacial score (nSPS) is 15.9. The highest BCUT2D eigenvalue weighted by Gasteiger charge is 2.27. The molecule has 1 aromatic heterocycles. The Kier molecular flexibility index (Phi) is 5.18. The number of piperidine rings is 1. The van der Waals surface area contributed by atoms with Gasteiger partial charge in [0.25, 0.3) is 0 Å². The first kappa shape index (κ1) is 19.3. The maximum absolute atomic E-state index is 12.2. The lowest BCUT2D eigenvalue weighted by molar-refractivity contribution is 0.0184. The van der Waals surface area contributed by atoms with Crippen LogP contribution < -0.4 is 0 Å². The lowest BCUT2D eigenvalue weighted by atomic mass is 9.89. The Hall–Kier alpha value is -2.50. The van der Waals surface area contributed by atoms with E-state index in [1.807, 2.05) is 32.9 Å². The summed E-state index contributed by atoms with van der Waals surface area (Å²) in [6.07, 6.45) is 2.49. The molecule has 146 valence electrons. The first-order chi connectivity index (χ1) is 12.7. The Labute approximate surface area is 159 Å². The molecule has 0 aliphatic carbocycles. The second kappa shape index (κ2) is 7.25. The van der Waals surface area contributed by atoms with Crippen molar-refractivity contribution < 1.29 is 19.4 Å². The van der Waals surface area contributed by atoms with Crippen molar-refractivity contribution in [2.75, 3.05) is 13.1 Å². The number of carboxylic acid groups (broad SMARTS) is 1. The van der Waals surface area contributed by atoms with Gasteiger partial charge in [0.15, 0.2) is 0 Å². The van der Waals surface area contributed by atoms with Gasteiger partial charge < -0.3 is 19.3 Å². The Morgan fingerprint density at radius 1 is 1.22 bits per heavy atom. The van der Waals surface area contributed by atoms with Gasteiger partial charge >= 0.3 is 12.1 Å². The molecule has 1 saturated heterocycles. The van der Waals surface area contributed by atoms with E-state index in [0.717, 1.165) is 30.2 Å². The first-order valence-corrected chi connectivity index (χ1v) is 9.44. The molecule has 0 unspecified atom stereocenters. The number of aromatic nitrogens is 1. The highest BCUT2D eigenvalue weighted by atomic mass is 16.6. The minimum Gasteiger partial charge on any atom is -0.477 e. The van der Waals surface area contributed by atoms with Crippen LogP contribution in [-0.2, 0) is 18.2 Å². The fourth-order valence-electron chi connectivity index (χ4n) is 3.83. The Bertz CT molecular complexity index is 855. The predicted molar refractivity (Wildman–Crippen MR) is 104 cm³/mol. The molecule has 2 aromatic rings. The monoisotopic (exact) mass is 372 g/mol. The van der Waals surface area contributed by atoms with Gasteiger partial charge in [-0.05, 0) is 57.6 Å². The zero-order chi connectivity index (χ0) is 19.8. The Morgan fingerprint density at radius 3 is 2.48 bits per heavy atom. The number of aromatic carboxylic acids is 1. The molecule has 1 N–H and O–H groups in total. The number of carbonyl (C=O) groups excluding carboxylic acids is 1.